The van der Waals surface area contributed by atoms with Gasteiger partial charge in [0.2, 0.25) is 0 Å². The van der Waals surface area contributed by atoms with Crippen LogP contribution < -0.4 is 10.9 Å². The van der Waals surface area contributed by atoms with Gasteiger partial charge in [-0.05, 0) is 31.5 Å². The second kappa shape index (κ2) is 6.06. The van der Waals surface area contributed by atoms with E-state index in [1.165, 1.54) is 11.1 Å². The summed E-state index contributed by atoms with van der Waals surface area (Å²) in [5, 5.41) is 3.26. The highest BCUT2D eigenvalue weighted by molar-refractivity contribution is 5.64. The average molecular weight is 270 g/mol. The van der Waals surface area contributed by atoms with Crippen LogP contribution in [0.1, 0.15) is 30.5 Å². The van der Waals surface area contributed by atoms with Gasteiger partial charge in [0.05, 0.1) is 0 Å². The van der Waals surface area contributed by atoms with Crippen LogP contribution in [0.15, 0.2) is 35.1 Å². The number of aromatic amines is 1. The highest BCUT2D eigenvalue weighted by atomic mass is 16.1. The number of aryl methyl sites for hydroxylation is 2. The summed E-state index contributed by atoms with van der Waals surface area (Å²) in [4.78, 5) is 15.1. The second-order valence-corrected chi connectivity index (χ2v) is 5.58. The number of rotatable bonds is 4. The lowest BCUT2D eigenvalue weighted by atomic mass is 10.0. The first kappa shape index (κ1) is 14.5. The van der Waals surface area contributed by atoms with Gasteiger partial charge in [-0.3, -0.25) is 4.79 Å². The van der Waals surface area contributed by atoms with Gasteiger partial charge in [-0.1, -0.05) is 37.6 Å². The second-order valence-electron chi connectivity index (χ2n) is 5.58. The zero-order chi connectivity index (χ0) is 14.7. The van der Waals surface area contributed by atoms with Crippen molar-refractivity contribution in [2.45, 2.75) is 40.3 Å². The third kappa shape index (κ3) is 3.36. The maximum atomic E-state index is 12.1. The first-order valence-corrected chi connectivity index (χ1v) is 7.00. The predicted octanol–water partition coefficient (Wildman–Crippen LogP) is 3.16. The Labute approximate surface area is 120 Å². The molecule has 0 aliphatic heterocycles. The van der Waals surface area contributed by atoms with Crippen LogP contribution in [0.3, 0.4) is 0 Å². The largest absolute Gasteiger partial charge is 0.322 e. The molecule has 1 aromatic heterocycles. The number of H-pyrrole nitrogens is 1. The van der Waals surface area contributed by atoms with E-state index in [1.807, 2.05) is 12.1 Å². The Bertz CT molecular complexity index is 656. The van der Waals surface area contributed by atoms with Crippen LogP contribution >= 0.6 is 0 Å². The molecule has 0 bridgehead atoms. The topological polar surface area (TPSA) is 44.9 Å². The van der Waals surface area contributed by atoms with E-state index in [1.54, 1.807) is 0 Å². The van der Waals surface area contributed by atoms with Gasteiger partial charge < -0.3 is 10.3 Å². The third-order valence-corrected chi connectivity index (χ3v) is 3.38. The van der Waals surface area contributed by atoms with E-state index >= 15 is 0 Å². The van der Waals surface area contributed by atoms with Crippen LogP contribution in [0, 0.1) is 13.8 Å². The minimum atomic E-state index is -0.0171. The maximum Gasteiger partial charge on any atom is 0.252 e. The fourth-order valence-corrected chi connectivity index (χ4v) is 2.14. The zero-order valence-electron chi connectivity index (χ0n) is 12.6. The molecule has 0 spiro atoms. The average Bonchev–Trinajstić information content (AvgIpc) is 2.40. The number of pyridine rings is 1. The fraction of sp³-hybridized carbons (Fsp3) is 0.353. The van der Waals surface area contributed by atoms with E-state index in [2.05, 4.69) is 56.2 Å². The SMILES string of the molecule is Cc1ccc(C)c(-c2ccc(CNC(C)C)c(=O)[nH]2)c1. The smallest absolute Gasteiger partial charge is 0.252 e. The molecular weight excluding hydrogens is 248 g/mol. The first-order chi connectivity index (χ1) is 9.47. The highest BCUT2D eigenvalue weighted by Crippen LogP contribution is 2.21. The predicted molar refractivity (Wildman–Crippen MR) is 83.9 cm³/mol. The van der Waals surface area contributed by atoms with Crippen molar-refractivity contribution in [2.24, 2.45) is 0 Å². The molecule has 3 heteroatoms. The molecule has 2 N–H and O–H groups in total. The number of aromatic nitrogens is 1. The molecule has 0 aliphatic rings. The molecule has 2 rings (SSSR count). The van der Waals surface area contributed by atoms with Crippen molar-refractivity contribution in [3.63, 3.8) is 0 Å². The Morgan fingerprint density at radius 1 is 1.15 bits per heavy atom. The van der Waals surface area contributed by atoms with Gasteiger partial charge in [0, 0.05) is 29.4 Å². The van der Waals surface area contributed by atoms with E-state index in [9.17, 15) is 4.79 Å². The molecule has 0 unspecified atom stereocenters. The Morgan fingerprint density at radius 2 is 1.90 bits per heavy atom. The molecule has 0 atom stereocenters. The number of nitrogens with one attached hydrogen (secondary N) is 2. The van der Waals surface area contributed by atoms with Crippen molar-refractivity contribution in [3.8, 4) is 11.3 Å². The van der Waals surface area contributed by atoms with E-state index in [0.717, 1.165) is 16.8 Å². The Hall–Kier alpha value is -1.87. The van der Waals surface area contributed by atoms with Crippen molar-refractivity contribution >= 4 is 0 Å². The van der Waals surface area contributed by atoms with Crippen molar-refractivity contribution in [3.05, 3.63) is 57.4 Å². The van der Waals surface area contributed by atoms with Crippen LogP contribution in [0.5, 0.6) is 0 Å². The van der Waals surface area contributed by atoms with E-state index in [4.69, 9.17) is 0 Å². The third-order valence-electron chi connectivity index (χ3n) is 3.38. The summed E-state index contributed by atoms with van der Waals surface area (Å²) in [6, 6.07) is 10.5. The van der Waals surface area contributed by atoms with E-state index in [0.29, 0.717) is 12.6 Å². The number of benzene rings is 1. The van der Waals surface area contributed by atoms with Crippen LogP contribution in [0.2, 0.25) is 0 Å². The van der Waals surface area contributed by atoms with Gasteiger partial charge in [-0.2, -0.15) is 0 Å². The zero-order valence-corrected chi connectivity index (χ0v) is 12.6. The molecular formula is C17H22N2O. The molecule has 0 aliphatic carbocycles. The van der Waals surface area contributed by atoms with Gasteiger partial charge in [0.15, 0.2) is 0 Å². The summed E-state index contributed by atoms with van der Waals surface area (Å²) < 4.78 is 0. The molecule has 1 aromatic carbocycles. The summed E-state index contributed by atoms with van der Waals surface area (Å²) in [7, 11) is 0. The van der Waals surface area contributed by atoms with Crippen LogP contribution in [0.4, 0.5) is 0 Å². The molecule has 1 heterocycles. The standard InChI is InChI=1S/C17H22N2O/c1-11(2)18-10-14-7-8-16(19-17(14)20)15-9-12(3)5-6-13(15)4/h5-9,11,18H,10H2,1-4H3,(H,19,20). The lowest BCUT2D eigenvalue weighted by Gasteiger charge is -2.10. The Kier molecular flexibility index (Phi) is 4.40. The summed E-state index contributed by atoms with van der Waals surface area (Å²) in [6.07, 6.45) is 0. The summed E-state index contributed by atoms with van der Waals surface area (Å²) in [5.41, 5.74) is 5.08. The van der Waals surface area contributed by atoms with Gasteiger partial charge in [0.25, 0.3) is 5.56 Å². The van der Waals surface area contributed by atoms with Crippen molar-refractivity contribution < 1.29 is 0 Å². The van der Waals surface area contributed by atoms with Crippen LogP contribution in [-0.4, -0.2) is 11.0 Å². The van der Waals surface area contributed by atoms with E-state index < -0.39 is 0 Å². The number of hydrogen-bond donors (Lipinski definition) is 2. The monoisotopic (exact) mass is 270 g/mol. The molecule has 3 nitrogen and oxygen atoms in total. The lowest BCUT2D eigenvalue weighted by molar-refractivity contribution is 0.586. The van der Waals surface area contributed by atoms with Crippen LogP contribution in [0.25, 0.3) is 11.3 Å². The van der Waals surface area contributed by atoms with Crippen LogP contribution in [-0.2, 0) is 6.54 Å². The molecule has 0 saturated carbocycles. The Balaban J connectivity index is 2.33. The number of hydrogen-bond acceptors (Lipinski definition) is 2. The minimum absolute atomic E-state index is 0.0171. The summed E-state index contributed by atoms with van der Waals surface area (Å²) in [6.45, 7) is 8.85. The van der Waals surface area contributed by atoms with Crippen molar-refractivity contribution in [1.82, 2.24) is 10.3 Å². The summed E-state index contributed by atoms with van der Waals surface area (Å²) in [5.74, 6) is 0. The molecule has 0 fully saturated rings. The minimum Gasteiger partial charge on any atom is -0.322 e. The first-order valence-electron chi connectivity index (χ1n) is 7.00. The molecule has 0 radical (unpaired) electrons. The normalized spacial score (nSPS) is 11.1. The van der Waals surface area contributed by atoms with E-state index in [-0.39, 0.29) is 5.56 Å². The molecule has 2 aromatic rings. The lowest BCUT2D eigenvalue weighted by Crippen LogP contribution is -2.26. The van der Waals surface area contributed by atoms with Gasteiger partial charge >= 0.3 is 0 Å². The highest BCUT2D eigenvalue weighted by Gasteiger charge is 2.06. The quantitative estimate of drug-likeness (QED) is 0.896. The van der Waals surface area contributed by atoms with Gasteiger partial charge in [0.1, 0.15) is 0 Å². The maximum absolute atomic E-state index is 12.1. The van der Waals surface area contributed by atoms with Gasteiger partial charge in [-0.15, -0.1) is 0 Å². The van der Waals surface area contributed by atoms with Crippen molar-refractivity contribution in [1.29, 1.82) is 0 Å². The molecule has 20 heavy (non-hydrogen) atoms. The Morgan fingerprint density at radius 3 is 2.55 bits per heavy atom. The summed E-state index contributed by atoms with van der Waals surface area (Å²) >= 11 is 0. The molecule has 0 saturated heterocycles. The molecule has 0 amide bonds. The fourth-order valence-electron chi connectivity index (χ4n) is 2.14. The molecule has 106 valence electrons. The van der Waals surface area contributed by atoms with Crippen molar-refractivity contribution in [2.75, 3.05) is 0 Å². The van der Waals surface area contributed by atoms with Gasteiger partial charge in [-0.25, -0.2) is 0 Å².